The topological polar surface area (TPSA) is 67.2 Å². The minimum absolute atomic E-state index is 0.147. The molecule has 2 aromatic heterocycles. The average molecular weight is 477 g/mol. The molecule has 1 fully saturated rings. The van der Waals surface area contributed by atoms with E-state index in [1.54, 1.807) is 0 Å². The molecule has 1 unspecified atom stereocenters. The summed E-state index contributed by atoms with van der Waals surface area (Å²) in [4.78, 5) is 27.6. The molecule has 0 aliphatic carbocycles. The second-order valence-electron chi connectivity index (χ2n) is 10.1. The molecule has 188 valence electrons. The van der Waals surface area contributed by atoms with Crippen LogP contribution in [0.25, 0.3) is 16.7 Å². The highest BCUT2D eigenvalue weighted by Gasteiger charge is 2.26. The van der Waals surface area contributed by atoms with Crippen molar-refractivity contribution in [3.63, 3.8) is 0 Å². The summed E-state index contributed by atoms with van der Waals surface area (Å²) in [6.45, 7) is 11.9. The third-order valence-electron chi connectivity index (χ3n) is 6.90. The van der Waals surface area contributed by atoms with Crippen LogP contribution < -0.4 is 4.90 Å². The van der Waals surface area contributed by atoms with Crippen molar-refractivity contribution in [3.05, 3.63) is 42.4 Å². The smallest absolute Gasteiger partial charge is 0.225 e. The van der Waals surface area contributed by atoms with Gasteiger partial charge in [0.05, 0.1) is 17.3 Å². The van der Waals surface area contributed by atoms with Gasteiger partial charge in [-0.1, -0.05) is 58.7 Å². The molecule has 0 spiro atoms. The van der Waals surface area contributed by atoms with Gasteiger partial charge in [0, 0.05) is 38.5 Å². The Labute approximate surface area is 209 Å². The van der Waals surface area contributed by atoms with Crippen molar-refractivity contribution in [2.75, 3.05) is 31.1 Å². The predicted molar refractivity (Wildman–Crippen MR) is 142 cm³/mol. The van der Waals surface area contributed by atoms with Gasteiger partial charge in [0.15, 0.2) is 5.65 Å². The standard InChI is InChI=1S/C28H40N6O/c1-5-7-12-22(6-2)28(35)33-16-11-15-32(17-18-33)26-24-20-29-34(23-13-9-8-10-14-23)27(24)31-25(30-26)19-21(3)4/h8-10,13-14,20-22H,5-7,11-12,15-19H2,1-4H3. The van der Waals surface area contributed by atoms with Gasteiger partial charge in [0.2, 0.25) is 5.91 Å². The van der Waals surface area contributed by atoms with E-state index in [0.717, 1.165) is 93.1 Å². The molecule has 1 aromatic carbocycles. The Hall–Kier alpha value is -2.96. The molecule has 0 N–H and O–H groups in total. The number of nitrogens with zero attached hydrogens (tertiary/aromatic N) is 6. The Morgan fingerprint density at radius 3 is 2.54 bits per heavy atom. The average Bonchev–Trinajstić information content (AvgIpc) is 3.12. The predicted octanol–water partition coefficient (Wildman–Crippen LogP) is 5.27. The van der Waals surface area contributed by atoms with E-state index in [-0.39, 0.29) is 5.92 Å². The van der Waals surface area contributed by atoms with Crippen molar-refractivity contribution in [1.29, 1.82) is 0 Å². The van der Waals surface area contributed by atoms with Gasteiger partial charge in [-0.05, 0) is 37.3 Å². The number of carbonyl (C=O) groups excluding carboxylic acids is 1. The van der Waals surface area contributed by atoms with E-state index in [1.165, 1.54) is 0 Å². The van der Waals surface area contributed by atoms with Crippen LogP contribution in [-0.2, 0) is 11.2 Å². The van der Waals surface area contributed by atoms with Crippen LogP contribution in [0.2, 0.25) is 0 Å². The summed E-state index contributed by atoms with van der Waals surface area (Å²) >= 11 is 0. The molecule has 0 radical (unpaired) electrons. The Balaban J connectivity index is 1.62. The van der Waals surface area contributed by atoms with Crippen molar-refractivity contribution in [1.82, 2.24) is 24.6 Å². The van der Waals surface area contributed by atoms with E-state index >= 15 is 0 Å². The molecule has 35 heavy (non-hydrogen) atoms. The first-order valence-electron chi connectivity index (χ1n) is 13.4. The molecule has 1 aliphatic rings. The number of para-hydroxylation sites is 1. The zero-order valence-electron chi connectivity index (χ0n) is 21.8. The number of unbranched alkanes of at least 4 members (excludes halogenated alkanes) is 1. The maximum atomic E-state index is 13.2. The molecule has 7 nitrogen and oxygen atoms in total. The van der Waals surface area contributed by atoms with Crippen LogP contribution >= 0.6 is 0 Å². The Kier molecular flexibility index (Phi) is 8.37. The van der Waals surface area contributed by atoms with Gasteiger partial charge >= 0.3 is 0 Å². The number of hydrogen-bond acceptors (Lipinski definition) is 5. The van der Waals surface area contributed by atoms with E-state index < -0.39 is 0 Å². The third kappa shape index (κ3) is 5.82. The highest BCUT2D eigenvalue weighted by atomic mass is 16.2. The summed E-state index contributed by atoms with van der Waals surface area (Å²) in [5, 5.41) is 5.66. The molecule has 3 aromatic rings. The second-order valence-corrected chi connectivity index (χ2v) is 10.1. The first-order valence-corrected chi connectivity index (χ1v) is 13.4. The maximum absolute atomic E-state index is 13.2. The molecular formula is C28H40N6O. The molecule has 4 rings (SSSR count). The molecule has 1 saturated heterocycles. The minimum Gasteiger partial charge on any atom is -0.354 e. The van der Waals surface area contributed by atoms with Gasteiger partial charge in [0.1, 0.15) is 11.6 Å². The fraction of sp³-hybridized carbons (Fsp3) is 0.571. The molecule has 0 bridgehead atoms. The van der Waals surface area contributed by atoms with Gasteiger partial charge in [-0.15, -0.1) is 0 Å². The summed E-state index contributed by atoms with van der Waals surface area (Å²) < 4.78 is 1.91. The van der Waals surface area contributed by atoms with E-state index in [1.807, 2.05) is 29.1 Å². The summed E-state index contributed by atoms with van der Waals surface area (Å²) in [6, 6.07) is 10.1. The monoisotopic (exact) mass is 476 g/mol. The van der Waals surface area contributed by atoms with E-state index in [2.05, 4.69) is 49.6 Å². The summed E-state index contributed by atoms with van der Waals surface area (Å²) in [5.41, 5.74) is 1.84. The zero-order chi connectivity index (χ0) is 24.8. The van der Waals surface area contributed by atoms with E-state index in [0.29, 0.717) is 11.8 Å². The van der Waals surface area contributed by atoms with Gasteiger partial charge in [-0.2, -0.15) is 5.10 Å². The van der Waals surface area contributed by atoms with Crippen LogP contribution in [0, 0.1) is 11.8 Å². The lowest BCUT2D eigenvalue weighted by Gasteiger charge is -2.26. The van der Waals surface area contributed by atoms with Crippen LogP contribution in [0.5, 0.6) is 0 Å². The number of rotatable bonds is 9. The lowest BCUT2D eigenvalue weighted by atomic mass is 9.97. The summed E-state index contributed by atoms with van der Waals surface area (Å²) in [5.74, 6) is 2.73. The SMILES string of the molecule is CCCCC(CC)C(=O)N1CCCN(c2nc(CC(C)C)nc3c2cnn3-c2ccccc2)CC1. The highest BCUT2D eigenvalue weighted by Crippen LogP contribution is 2.28. The number of benzene rings is 1. The second kappa shape index (κ2) is 11.6. The minimum atomic E-state index is 0.147. The van der Waals surface area contributed by atoms with Gasteiger partial charge in [-0.3, -0.25) is 4.79 Å². The first-order chi connectivity index (χ1) is 17.0. The molecule has 3 heterocycles. The fourth-order valence-corrected chi connectivity index (χ4v) is 4.95. The van der Waals surface area contributed by atoms with E-state index in [9.17, 15) is 4.79 Å². The van der Waals surface area contributed by atoms with Crippen molar-refractivity contribution >= 4 is 22.8 Å². The Morgan fingerprint density at radius 2 is 1.83 bits per heavy atom. The first kappa shape index (κ1) is 25.1. The lowest BCUT2D eigenvalue weighted by molar-refractivity contribution is -0.135. The normalized spacial score (nSPS) is 15.6. The molecule has 7 heteroatoms. The highest BCUT2D eigenvalue weighted by molar-refractivity contribution is 5.88. The number of fused-ring (bicyclic) bond motifs is 1. The summed E-state index contributed by atoms with van der Waals surface area (Å²) in [6.07, 6.45) is 7.82. The van der Waals surface area contributed by atoms with Crippen molar-refractivity contribution < 1.29 is 4.79 Å². The van der Waals surface area contributed by atoms with Crippen molar-refractivity contribution in [2.45, 2.75) is 66.2 Å². The number of hydrogen-bond donors (Lipinski definition) is 0. The molecular weight excluding hydrogens is 436 g/mol. The molecule has 1 aliphatic heterocycles. The largest absolute Gasteiger partial charge is 0.354 e. The van der Waals surface area contributed by atoms with Crippen LogP contribution in [-0.4, -0.2) is 56.7 Å². The Bertz CT molecular complexity index is 1110. The molecule has 0 saturated carbocycles. The van der Waals surface area contributed by atoms with Crippen LogP contribution in [0.15, 0.2) is 36.5 Å². The number of carbonyl (C=O) groups is 1. The summed E-state index contributed by atoms with van der Waals surface area (Å²) in [7, 11) is 0. The van der Waals surface area contributed by atoms with Gasteiger partial charge < -0.3 is 9.80 Å². The lowest BCUT2D eigenvalue weighted by Crippen LogP contribution is -2.39. The third-order valence-corrected chi connectivity index (χ3v) is 6.90. The number of aromatic nitrogens is 4. The maximum Gasteiger partial charge on any atom is 0.225 e. The van der Waals surface area contributed by atoms with Crippen LogP contribution in [0.3, 0.4) is 0 Å². The van der Waals surface area contributed by atoms with Crippen LogP contribution in [0.1, 0.15) is 65.6 Å². The number of anilines is 1. The van der Waals surface area contributed by atoms with Gasteiger partial charge in [0.25, 0.3) is 0 Å². The van der Waals surface area contributed by atoms with Gasteiger partial charge in [-0.25, -0.2) is 14.6 Å². The zero-order valence-corrected chi connectivity index (χ0v) is 21.8. The van der Waals surface area contributed by atoms with Crippen molar-refractivity contribution in [3.8, 4) is 5.69 Å². The number of amides is 1. The quantitative estimate of drug-likeness (QED) is 0.421. The Morgan fingerprint density at radius 1 is 1.03 bits per heavy atom. The van der Waals surface area contributed by atoms with Crippen molar-refractivity contribution in [2.24, 2.45) is 11.8 Å². The fourth-order valence-electron chi connectivity index (χ4n) is 4.95. The van der Waals surface area contributed by atoms with E-state index in [4.69, 9.17) is 15.1 Å². The molecule has 1 atom stereocenters. The molecule has 1 amide bonds. The van der Waals surface area contributed by atoms with Crippen LogP contribution in [0.4, 0.5) is 5.82 Å².